The minimum atomic E-state index is -4.69. The molecule has 0 aliphatic rings. The summed E-state index contributed by atoms with van der Waals surface area (Å²) in [4.78, 5) is 2.18. The molecule has 0 amide bonds. The first kappa shape index (κ1) is 20.9. The molecule has 0 heterocycles. The summed E-state index contributed by atoms with van der Waals surface area (Å²) in [7, 11) is 3.31. The van der Waals surface area contributed by atoms with Gasteiger partial charge in [0.2, 0.25) is 0 Å². The van der Waals surface area contributed by atoms with E-state index in [1.807, 2.05) is 18.0 Å². The fourth-order valence-electron chi connectivity index (χ4n) is 0.447. The molecule has 0 unspecified atom stereocenters. The maximum Gasteiger partial charge on any atom is 0.0777 e. The van der Waals surface area contributed by atoms with Crippen molar-refractivity contribution in [3.05, 3.63) is 0 Å². The van der Waals surface area contributed by atoms with E-state index in [1.54, 1.807) is 0 Å². The molecule has 0 atom stereocenters. The van der Waals surface area contributed by atoms with Gasteiger partial charge in [0.15, 0.2) is 0 Å². The number of hydrogen-bond acceptors (Lipinski definition) is 6. The van der Waals surface area contributed by atoms with Gasteiger partial charge in [0, 0.05) is 16.1 Å². The van der Waals surface area contributed by atoms with Crippen molar-refractivity contribution >= 4 is 16.1 Å². The molecule has 0 fully saturated rings. The van der Waals surface area contributed by atoms with Crippen LogP contribution < -0.4 is 14.0 Å². The van der Waals surface area contributed by atoms with Crippen molar-refractivity contribution in [1.82, 2.24) is 8.83 Å². The minimum absolute atomic E-state index is 1.21. The topological polar surface area (TPSA) is 95.9 Å². The summed E-state index contributed by atoms with van der Waals surface area (Å²) in [6.45, 7) is 3.39. The van der Waals surface area contributed by atoms with E-state index in [1.165, 1.54) is 13.0 Å². The molecule has 0 saturated heterocycles. The Balaban J connectivity index is -0.000000147. The Morgan fingerprint density at radius 3 is 1.33 bits per heavy atom. The Hall–Kier alpha value is 0.530. The first-order chi connectivity index (χ1) is 6.50. The zero-order valence-electron chi connectivity index (χ0n) is 9.74. The van der Waals surface area contributed by atoms with Crippen molar-refractivity contribution in [2.24, 2.45) is 0 Å². The summed E-state index contributed by atoms with van der Waals surface area (Å²) in [5.74, 6) is 0. The summed E-state index contributed by atoms with van der Waals surface area (Å²) in [5, 5.41) is 0. The molecular formula is C7H20BrClN2O4. The number of rotatable bonds is 2. The predicted molar refractivity (Wildman–Crippen MR) is 53.7 cm³/mol. The highest BCUT2D eigenvalue weighted by atomic mass is 79.9. The van der Waals surface area contributed by atoms with E-state index >= 15 is 0 Å². The standard InChI is InChI=1S/C5H13N.C2H6BrN.ClHO4/c1-4-5-6(2)3;1-4(2)3;2-1(3,4)5/h4-5H2,1-3H3;1-2H3;(H,2,3,4,5). The molecule has 0 saturated carbocycles. The second-order valence-corrected chi connectivity index (χ2v) is 5.20. The van der Waals surface area contributed by atoms with E-state index in [-0.39, 0.29) is 0 Å². The van der Waals surface area contributed by atoms with E-state index < -0.39 is 10.2 Å². The second kappa shape index (κ2) is 12.6. The molecule has 0 aromatic heterocycles. The van der Waals surface area contributed by atoms with E-state index in [0.717, 1.165) is 0 Å². The van der Waals surface area contributed by atoms with Crippen molar-refractivity contribution in [2.75, 3.05) is 34.7 Å². The lowest BCUT2D eigenvalue weighted by Crippen LogP contribution is -2.58. The smallest absolute Gasteiger partial charge is 0.0777 e. The Kier molecular flexibility index (Phi) is 17.5. The lowest BCUT2D eigenvalue weighted by molar-refractivity contribution is -1.92. The molecule has 0 bridgehead atoms. The van der Waals surface area contributed by atoms with Crippen LogP contribution in [0.15, 0.2) is 0 Å². The molecular weight excluding hydrogens is 291 g/mol. The predicted octanol–water partition coefficient (Wildman–Crippen LogP) is -2.31. The number of hydrogen-bond donors (Lipinski definition) is 1. The molecule has 0 aromatic rings. The van der Waals surface area contributed by atoms with Gasteiger partial charge in [-0.1, -0.05) is 6.92 Å². The molecule has 0 aliphatic heterocycles. The van der Waals surface area contributed by atoms with Crippen LogP contribution in [-0.4, -0.2) is 48.2 Å². The summed E-state index contributed by atoms with van der Waals surface area (Å²) in [6, 6.07) is 0. The fraction of sp³-hybridized carbons (Fsp3) is 1.00. The van der Waals surface area contributed by atoms with Gasteiger partial charge in [0.05, 0.1) is 14.9 Å². The normalized spacial score (nSPS) is 10.4. The third-order valence-electron chi connectivity index (χ3n) is 0.671. The Bertz CT molecular complexity index is 113. The van der Waals surface area contributed by atoms with Crippen LogP contribution >= 0.6 is 16.1 Å². The van der Waals surface area contributed by atoms with Gasteiger partial charge >= 0.3 is 0 Å². The first-order valence-electron chi connectivity index (χ1n) is 4.11. The van der Waals surface area contributed by atoms with Crippen LogP contribution in [0.4, 0.5) is 0 Å². The third kappa shape index (κ3) is 183. The largest absolute Gasteiger partial charge is 0.309 e. The highest BCUT2D eigenvalue weighted by Gasteiger charge is 1.98. The molecule has 8 heteroatoms. The quantitative estimate of drug-likeness (QED) is 0.576. The summed E-state index contributed by atoms with van der Waals surface area (Å²) < 4.78 is 34.5. The van der Waals surface area contributed by atoms with Gasteiger partial charge in [0.25, 0.3) is 0 Å². The van der Waals surface area contributed by atoms with Crippen molar-refractivity contribution in [2.45, 2.75) is 13.3 Å². The summed E-state index contributed by atoms with van der Waals surface area (Å²) in [5.41, 5.74) is 0. The average molecular weight is 312 g/mol. The lowest BCUT2D eigenvalue weighted by Gasteiger charge is -2.03. The Labute approximate surface area is 102 Å². The van der Waals surface area contributed by atoms with Crippen LogP contribution in [0.3, 0.4) is 0 Å². The van der Waals surface area contributed by atoms with Crippen LogP contribution in [0.25, 0.3) is 0 Å². The molecule has 0 aliphatic carbocycles. The third-order valence-corrected chi connectivity index (χ3v) is 0.671. The molecule has 6 nitrogen and oxygen atoms in total. The van der Waals surface area contributed by atoms with Gasteiger partial charge in [0.1, 0.15) is 0 Å². The van der Waals surface area contributed by atoms with Gasteiger partial charge < -0.3 is 4.90 Å². The molecule has 0 rings (SSSR count). The van der Waals surface area contributed by atoms with Crippen molar-refractivity contribution in [3.63, 3.8) is 0 Å². The number of nitrogens with zero attached hydrogens (tertiary/aromatic N) is 2. The average Bonchev–Trinajstić information content (AvgIpc) is 1.79. The maximum atomic E-state index is 8.60. The fourth-order valence-corrected chi connectivity index (χ4v) is 0.447. The molecule has 0 radical (unpaired) electrons. The van der Waals surface area contributed by atoms with Gasteiger partial charge in [-0.3, -0.25) is 0 Å². The number of halogens is 2. The minimum Gasteiger partial charge on any atom is -0.309 e. The van der Waals surface area contributed by atoms with E-state index in [9.17, 15) is 0 Å². The van der Waals surface area contributed by atoms with Crippen LogP contribution in [0, 0.1) is 10.2 Å². The van der Waals surface area contributed by atoms with E-state index in [2.05, 4.69) is 42.1 Å². The van der Waals surface area contributed by atoms with Crippen LogP contribution in [0.5, 0.6) is 0 Å². The summed E-state index contributed by atoms with van der Waals surface area (Å²) >= 11 is 3.10. The SMILES string of the molecule is CCCN(C)C.CN(C)Br.[O-][Cl+3]([O-])([O-])O. The van der Waals surface area contributed by atoms with Crippen LogP contribution in [0.1, 0.15) is 13.3 Å². The van der Waals surface area contributed by atoms with Crippen LogP contribution in [-0.2, 0) is 0 Å². The second-order valence-electron chi connectivity index (χ2n) is 2.98. The van der Waals surface area contributed by atoms with Crippen LogP contribution in [0.2, 0.25) is 0 Å². The monoisotopic (exact) mass is 310 g/mol. The van der Waals surface area contributed by atoms with Gasteiger partial charge in [-0.25, -0.2) is 3.93 Å². The summed E-state index contributed by atoms with van der Waals surface area (Å²) in [6.07, 6.45) is 1.26. The Morgan fingerprint density at radius 1 is 1.13 bits per heavy atom. The van der Waals surface area contributed by atoms with Gasteiger partial charge in [-0.15, -0.1) is 0 Å². The molecule has 1 N–H and O–H groups in total. The zero-order chi connectivity index (χ0) is 13.1. The molecule has 15 heavy (non-hydrogen) atoms. The lowest BCUT2D eigenvalue weighted by atomic mass is 10.5. The molecule has 0 spiro atoms. The highest BCUT2D eigenvalue weighted by molar-refractivity contribution is 9.07. The van der Waals surface area contributed by atoms with Crippen molar-refractivity contribution in [1.29, 1.82) is 0 Å². The van der Waals surface area contributed by atoms with Gasteiger partial charge in [-0.05, 0) is 41.2 Å². The maximum absolute atomic E-state index is 8.60. The molecule has 0 aromatic carbocycles. The van der Waals surface area contributed by atoms with Gasteiger partial charge in [-0.2, -0.15) is 14.0 Å². The highest BCUT2D eigenvalue weighted by Crippen LogP contribution is 1.77. The van der Waals surface area contributed by atoms with E-state index in [4.69, 9.17) is 18.6 Å². The van der Waals surface area contributed by atoms with Crippen molar-refractivity contribution < 1.29 is 28.9 Å². The first-order valence-corrected chi connectivity index (χ1v) is 6.09. The zero-order valence-corrected chi connectivity index (χ0v) is 12.1. The van der Waals surface area contributed by atoms with E-state index in [0.29, 0.717) is 0 Å². The van der Waals surface area contributed by atoms with Crippen molar-refractivity contribution in [3.8, 4) is 0 Å². The molecule has 96 valence electrons. The Morgan fingerprint density at radius 2 is 1.33 bits per heavy atom.